The number of aryl methyl sites for hydroxylation is 1. The molecule has 0 radical (unpaired) electrons. The highest BCUT2D eigenvalue weighted by Gasteiger charge is 2.06. The maximum atomic E-state index is 11.0. The number of nitrogens with zero attached hydrogens (tertiary/aromatic N) is 2. The molecule has 0 aliphatic heterocycles. The van der Waals surface area contributed by atoms with Crippen molar-refractivity contribution in [2.24, 2.45) is 13.0 Å². The highest BCUT2D eigenvalue weighted by atomic mass is 32.2. The highest BCUT2D eigenvalue weighted by Crippen LogP contribution is 2.16. The fourth-order valence-electron chi connectivity index (χ4n) is 0.859. The molecule has 84 valence electrons. The van der Waals surface area contributed by atoms with Gasteiger partial charge in [0.2, 0.25) is 0 Å². The van der Waals surface area contributed by atoms with Gasteiger partial charge < -0.3 is 0 Å². The molecule has 15 heavy (non-hydrogen) atoms. The summed E-state index contributed by atoms with van der Waals surface area (Å²) in [7, 11) is 1.65. The number of hydrogen-bond acceptors (Lipinski definition) is 5. The summed E-state index contributed by atoms with van der Waals surface area (Å²) in [5.74, 6) is 2.03. The summed E-state index contributed by atoms with van der Waals surface area (Å²) >= 11 is 5.60. The van der Waals surface area contributed by atoms with E-state index in [4.69, 9.17) is 0 Å². The first-order valence-corrected chi connectivity index (χ1v) is 6.07. The number of rotatable bonds is 4. The van der Waals surface area contributed by atoms with E-state index in [0.717, 1.165) is 11.5 Å². The Labute approximate surface area is 96.7 Å². The minimum absolute atomic E-state index is 0.433. The van der Waals surface area contributed by atoms with E-state index in [1.54, 1.807) is 7.05 Å². The molecule has 0 spiro atoms. The molecule has 0 saturated heterocycles. The van der Waals surface area contributed by atoms with Crippen molar-refractivity contribution in [1.29, 1.82) is 0 Å². The smallest absolute Gasteiger partial charge is 0.265 e. The van der Waals surface area contributed by atoms with Crippen molar-refractivity contribution in [3.8, 4) is 0 Å². The summed E-state index contributed by atoms with van der Waals surface area (Å²) in [6.45, 7) is 2.06. The molecule has 0 amide bonds. The van der Waals surface area contributed by atoms with Crippen molar-refractivity contribution in [2.45, 2.75) is 12.1 Å². The van der Waals surface area contributed by atoms with Gasteiger partial charge in [-0.1, -0.05) is 18.7 Å². The predicted octanol–water partition coefficient (Wildman–Crippen LogP) is 0.127. The van der Waals surface area contributed by atoms with Gasteiger partial charge in [-0.15, -0.1) is 0 Å². The van der Waals surface area contributed by atoms with Gasteiger partial charge in [0.1, 0.15) is 0 Å². The van der Waals surface area contributed by atoms with Crippen LogP contribution in [-0.2, 0) is 7.05 Å². The SMILES string of the molecule is CC(CS)CSc1nc(=O)c(=O)[nH]n1C. The molecule has 0 saturated carbocycles. The van der Waals surface area contributed by atoms with E-state index in [-0.39, 0.29) is 0 Å². The zero-order chi connectivity index (χ0) is 11.4. The van der Waals surface area contributed by atoms with E-state index in [1.807, 2.05) is 0 Å². The van der Waals surface area contributed by atoms with Crippen LogP contribution in [0.2, 0.25) is 0 Å². The molecule has 1 N–H and O–H groups in total. The summed E-state index contributed by atoms with van der Waals surface area (Å²) in [5, 5.41) is 2.92. The van der Waals surface area contributed by atoms with Crippen molar-refractivity contribution in [3.05, 3.63) is 20.7 Å². The molecule has 1 unspecified atom stereocenters. The van der Waals surface area contributed by atoms with Crippen LogP contribution >= 0.6 is 24.4 Å². The second-order valence-electron chi connectivity index (χ2n) is 3.30. The lowest BCUT2D eigenvalue weighted by molar-refractivity contribution is 0.595. The van der Waals surface area contributed by atoms with Crippen LogP contribution < -0.4 is 11.1 Å². The number of thiol groups is 1. The molecule has 0 bridgehead atoms. The molecule has 1 aromatic rings. The van der Waals surface area contributed by atoms with Crippen molar-refractivity contribution in [1.82, 2.24) is 14.8 Å². The summed E-state index contributed by atoms with van der Waals surface area (Å²) in [6.07, 6.45) is 0. The molecular formula is C8H13N3O2S2. The number of thioether (sulfide) groups is 1. The van der Waals surface area contributed by atoms with Crippen LogP contribution in [0, 0.1) is 5.92 Å². The Kier molecular flexibility index (Phi) is 4.46. The third kappa shape index (κ3) is 3.42. The summed E-state index contributed by atoms with van der Waals surface area (Å²) in [5.41, 5.74) is -1.43. The first-order valence-electron chi connectivity index (χ1n) is 4.45. The second kappa shape index (κ2) is 5.41. The monoisotopic (exact) mass is 247 g/mol. The maximum absolute atomic E-state index is 11.0. The van der Waals surface area contributed by atoms with Crippen LogP contribution in [0.25, 0.3) is 0 Å². The molecule has 0 aromatic carbocycles. The average Bonchev–Trinajstić information content (AvgIpc) is 2.21. The van der Waals surface area contributed by atoms with E-state index < -0.39 is 11.1 Å². The van der Waals surface area contributed by atoms with Crippen LogP contribution in [-0.4, -0.2) is 26.3 Å². The Balaban J connectivity index is 2.82. The maximum Gasteiger partial charge on any atom is 0.339 e. The van der Waals surface area contributed by atoms with E-state index in [1.165, 1.54) is 16.4 Å². The quantitative estimate of drug-likeness (QED) is 0.451. The molecule has 0 fully saturated rings. The predicted molar refractivity (Wildman–Crippen MR) is 63.8 cm³/mol. The largest absolute Gasteiger partial charge is 0.339 e. The minimum Gasteiger partial charge on any atom is -0.265 e. The zero-order valence-electron chi connectivity index (χ0n) is 8.56. The molecule has 1 heterocycles. The summed E-state index contributed by atoms with van der Waals surface area (Å²) < 4.78 is 1.46. The Hall–Kier alpha value is -0.690. The lowest BCUT2D eigenvalue weighted by Gasteiger charge is -2.08. The molecule has 1 atom stereocenters. The third-order valence-electron chi connectivity index (χ3n) is 1.76. The minimum atomic E-state index is -0.742. The molecule has 1 rings (SSSR count). The van der Waals surface area contributed by atoms with Gasteiger partial charge in [0.25, 0.3) is 0 Å². The molecular weight excluding hydrogens is 234 g/mol. The van der Waals surface area contributed by atoms with Crippen LogP contribution in [0.1, 0.15) is 6.92 Å². The van der Waals surface area contributed by atoms with Gasteiger partial charge in [-0.3, -0.25) is 19.4 Å². The number of aromatic amines is 1. The summed E-state index contributed by atoms with van der Waals surface area (Å²) in [6, 6.07) is 0. The lowest BCUT2D eigenvalue weighted by atomic mass is 10.3. The number of H-pyrrole nitrogens is 1. The fraction of sp³-hybridized carbons (Fsp3) is 0.625. The number of nitrogens with one attached hydrogen (secondary N) is 1. The van der Waals surface area contributed by atoms with E-state index >= 15 is 0 Å². The average molecular weight is 247 g/mol. The van der Waals surface area contributed by atoms with Crippen molar-refractivity contribution < 1.29 is 0 Å². The Morgan fingerprint density at radius 2 is 2.27 bits per heavy atom. The van der Waals surface area contributed by atoms with Gasteiger partial charge in [0, 0.05) is 12.8 Å². The zero-order valence-corrected chi connectivity index (χ0v) is 10.3. The van der Waals surface area contributed by atoms with E-state index in [0.29, 0.717) is 11.1 Å². The second-order valence-corrected chi connectivity index (χ2v) is 4.65. The number of hydrogen-bond donors (Lipinski definition) is 2. The first-order chi connectivity index (χ1) is 7.04. The van der Waals surface area contributed by atoms with Gasteiger partial charge in [-0.2, -0.15) is 17.6 Å². The van der Waals surface area contributed by atoms with Gasteiger partial charge in [0.15, 0.2) is 5.16 Å². The van der Waals surface area contributed by atoms with Crippen LogP contribution in [0.15, 0.2) is 14.7 Å². The van der Waals surface area contributed by atoms with E-state index in [2.05, 4.69) is 29.6 Å². The molecule has 7 heteroatoms. The van der Waals surface area contributed by atoms with Gasteiger partial charge in [-0.25, -0.2) is 0 Å². The molecule has 0 aliphatic carbocycles. The Bertz CT molecular complexity index is 440. The molecule has 0 aliphatic rings. The van der Waals surface area contributed by atoms with Gasteiger partial charge >= 0.3 is 11.1 Å². The standard InChI is InChI=1S/C8H13N3O2S2/c1-5(3-14)4-15-8-9-6(12)7(13)10-11(8)2/h5,14H,3-4H2,1-2H3,(H,10,13). The third-order valence-corrected chi connectivity index (χ3v) is 3.74. The van der Waals surface area contributed by atoms with Gasteiger partial charge in [-0.05, 0) is 11.7 Å². The normalized spacial score (nSPS) is 12.7. The van der Waals surface area contributed by atoms with Crippen LogP contribution in [0.5, 0.6) is 0 Å². The van der Waals surface area contributed by atoms with Crippen molar-refractivity contribution in [3.63, 3.8) is 0 Å². The topological polar surface area (TPSA) is 67.8 Å². The summed E-state index contributed by atoms with van der Waals surface area (Å²) in [4.78, 5) is 25.6. The van der Waals surface area contributed by atoms with Crippen LogP contribution in [0.4, 0.5) is 0 Å². The first kappa shape index (κ1) is 12.4. The Morgan fingerprint density at radius 3 is 2.87 bits per heavy atom. The molecule has 1 aromatic heterocycles. The van der Waals surface area contributed by atoms with Crippen molar-refractivity contribution >= 4 is 24.4 Å². The lowest BCUT2D eigenvalue weighted by Crippen LogP contribution is -2.33. The van der Waals surface area contributed by atoms with E-state index in [9.17, 15) is 9.59 Å². The fourth-order valence-corrected chi connectivity index (χ4v) is 2.10. The Morgan fingerprint density at radius 1 is 1.60 bits per heavy atom. The number of aromatic nitrogens is 3. The van der Waals surface area contributed by atoms with Crippen LogP contribution in [0.3, 0.4) is 0 Å². The molecule has 5 nitrogen and oxygen atoms in total. The highest BCUT2D eigenvalue weighted by molar-refractivity contribution is 7.99. The van der Waals surface area contributed by atoms with Crippen molar-refractivity contribution in [2.75, 3.05) is 11.5 Å². The van der Waals surface area contributed by atoms with Gasteiger partial charge in [0.05, 0.1) is 0 Å².